The van der Waals surface area contributed by atoms with Crippen LogP contribution in [-0.4, -0.2) is 54.9 Å². The third-order valence-corrected chi connectivity index (χ3v) is 7.68. The van der Waals surface area contributed by atoms with Gasteiger partial charge in [-0.3, -0.25) is 14.4 Å². The van der Waals surface area contributed by atoms with Crippen LogP contribution < -0.4 is 20.7 Å². The van der Waals surface area contributed by atoms with Gasteiger partial charge in [0.1, 0.15) is 25.0 Å². The van der Waals surface area contributed by atoms with E-state index >= 15 is 0 Å². The third-order valence-electron chi connectivity index (χ3n) is 7.68. The van der Waals surface area contributed by atoms with E-state index in [1.807, 2.05) is 43.3 Å². The zero-order valence-corrected chi connectivity index (χ0v) is 29.0. The number of amides is 3. The zero-order chi connectivity index (χ0) is 36.0. The number of benzene rings is 3. The SMILES string of the molecule is CCCCCNC(=O)C(Cc1ccc(OC(C(=O)OCc2ccccc2)C(=O)OCc2ccccc2)cc1)NC(=O)CNC(=O)CCCCC. The molecule has 0 aliphatic rings. The van der Waals surface area contributed by atoms with Gasteiger partial charge in [0.2, 0.25) is 17.7 Å². The van der Waals surface area contributed by atoms with Gasteiger partial charge in [-0.15, -0.1) is 0 Å². The topological polar surface area (TPSA) is 149 Å². The average molecular weight is 688 g/mol. The van der Waals surface area contributed by atoms with Gasteiger partial charge in [0.05, 0.1) is 6.54 Å². The molecule has 0 bridgehead atoms. The Bertz CT molecular complexity index is 1430. The second-order valence-corrected chi connectivity index (χ2v) is 11.9. The summed E-state index contributed by atoms with van der Waals surface area (Å²) in [6.07, 6.45) is 4.24. The van der Waals surface area contributed by atoms with Crippen molar-refractivity contribution in [1.29, 1.82) is 0 Å². The van der Waals surface area contributed by atoms with Gasteiger partial charge in [0.25, 0.3) is 6.10 Å². The second kappa shape index (κ2) is 22.4. The maximum atomic E-state index is 13.1. The summed E-state index contributed by atoms with van der Waals surface area (Å²) in [5.41, 5.74) is 2.17. The van der Waals surface area contributed by atoms with Crippen molar-refractivity contribution >= 4 is 29.7 Å². The lowest BCUT2D eigenvalue weighted by molar-refractivity contribution is -0.168. The number of esters is 2. The molecule has 1 unspecified atom stereocenters. The summed E-state index contributed by atoms with van der Waals surface area (Å²) in [5, 5.41) is 8.24. The van der Waals surface area contributed by atoms with Crippen LogP contribution in [0.4, 0.5) is 0 Å². The van der Waals surface area contributed by atoms with E-state index in [1.165, 1.54) is 0 Å². The average Bonchev–Trinajstić information content (AvgIpc) is 3.14. The van der Waals surface area contributed by atoms with Gasteiger partial charge in [-0.1, -0.05) is 112 Å². The number of unbranched alkanes of at least 4 members (excludes halogenated alkanes) is 4. The molecule has 3 aromatic rings. The van der Waals surface area contributed by atoms with Gasteiger partial charge in [-0.25, -0.2) is 9.59 Å². The lowest BCUT2D eigenvalue weighted by Gasteiger charge is -2.20. The molecule has 11 heteroatoms. The molecule has 268 valence electrons. The molecular formula is C39H49N3O8. The van der Waals surface area contributed by atoms with Gasteiger partial charge in [0.15, 0.2) is 0 Å². The molecule has 0 saturated carbocycles. The highest BCUT2D eigenvalue weighted by Gasteiger charge is 2.33. The van der Waals surface area contributed by atoms with Crippen LogP contribution in [-0.2, 0) is 53.1 Å². The molecule has 0 radical (unpaired) electrons. The molecule has 0 saturated heterocycles. The molecule has 0 aliphatic heterocycles. The molecule has 0 spiro atoms. The number of rotatable bonds is 22. The number of hydrogen-bond acceptors (Lipinski definition) is 8. The van der Waals surface area contributed by atoms with E-state index in [0.717, 1.165) is 49.7 Å². The highest BCUT2D eigenvalue weighted by Crippen LogP contribution is 2.18. The van der Waals surface area contributed by atoms with Gasteiger partial charge in [-0.2, -0.15) is 0 Å². The van der Waals surface area contributed by atoms with Crippen LogP contribution in [0, 0.1) is 0 Å². The fourth-order valence-electron chi connectivity index (χ4n) is 4.84. The first-order valence-electron chi connectivity index (χ1n) is 17.3. The van der Waals surface area contributed by atoms with Gasteiger partial charge in [0, 0.05) is 19.4 Å². The summed E-state index contributed by atoms with van der Waals surface area (Å²) in [7, 11) is 0. The van der Waals surface area contributed by atoms with E-state index in [0.29, 0.717) is 18.5 Å². The van der Waals surface area contributed by atoms with Crippen molar-refractivity contribution < 1.29 is 38.2 Å². The van der Waals surface area contributed by atoms with Crippen molar-refractivity contribution in [3.8, 4) is 5.75 Å². The van der Waals surface area contributed by atoms with Gasteiger partial charge in [-0.05, 0) is 41.7 Å². The molecule has 3 N–H and O–H groups in total. The predicted octanol–water partition coefficient (Wildman–Crippen LogP) is 4.95. The van der Waals surface area contributed by atoms with Gasteiger partial charge >= 0.3 is 11.9 Å². The molecule has 0 aromatic heterocycles. The number of nitrogens with one attached hydrogen (secondary N) is 3. The Kier molecular flexibility index (Phi) is 17.6. The number of carbonyl (C=O) groups is 5. The Balaban J connectivity index is 1.67. The third kappa shape index (κ3) is 14.9. The van der Waals surface area contributed by atoms with Crippen LogP contribution in [0.15, 0.2) is 84.9 Å². The van der Waals surface area contributed by atoms with Crippen molar-refractivity contribution in [3.63, 3.8) is 0 Å². The molecule has 3 rings (SSSR count). The monoisotopic (exact) mass is 687 g/mol. The second-order valence-electron chi connectivity index (χ2n) is 11.9. The highest BCUT2D eigenvalue weighted by molar-refractivity contribution is 5.98. The van der Waals surface area contributed by atoms with Crippen molar-refractivity contribution in [1.82, 2.24) is 16.0 Å². The van der Waals surface area contributed by atoms with Crippen LogP contribution in [0.5, 0.6) is 5.75 Å². The summed E-state index contributed by atoms with van der Waals surface area (Å²) in [5.74, 6) is -2.65. The van der Waals surface area contributed by atoms with Crippen LogP contribution in [0.1, 0.15) is 75.5 Å². The first kappa shape index (κ1) is 39.3. The lowest BCUT2D eigenvalue weighted by Crippen LogP contribution is -2.50. The van der Waals surface area contributed by atoms with Crippen molar-refractivity contribution in [3.05, 3.63) is 102 Å². The summed E-state index contributed by atoms with van der Waals surface area (Å²) < 4.78 is 16.6. The van der Waals surface area contributed by atoms with Crippen LogP contribution in [0.25, 0.3) is 0 Å². The fraction of sp³-hybridized carbons (Fsp3) is 0.410. The minimum atomic E-state index is -1.69. The number of carbonyl (C=O) groups excluding carboxylic acids is 5. The number of hydrogen-bond donors (Lipinski definition) is 3. The minimum Gasteiger partial charge on any atom is -0.467 e. The van der Waals surface area contributed by atoms with Crippen LogP contribution in [0.3, 0.4) is 0 Å². The summed E-state index contributed by atoms with van der Waals surface area (Å²) in [4.78, 5) is 64.1. The molecule has 50 heavy (non-hydrogen) atoms. The summed E-state index contributed by atoms with van der Waals surface area (Å²) in [6.45, 7) is 4.24. The Morgan fingerprint density at radius 1 is 0.620 bits per heavy atom. The summed E-state index contributed by atoms with van der Waals surface area (Å²) >= 11 is 0. The van der Waals surface area contributed by atoms with Crippen molar-refractivity contribution in [2.45, 2.75) is 90.6 Å². The lowest BCUT2D eigenvalue weighted by atomic mass is 10.0. The molecule has 0 fully saturated rings. The first-order chi connectivity index (χ1) is 24.3. The maximum Gasteiger partial charge on any atom is 0.359 e. The largest absolute Gasteiger partial charge is 0.467 e. The standard InChI is InChI=1S/C39H49N3O8/c1-3-5-9-19-34(43)41-26-35(44)42-33(37(45)40-24-14-6-4-2)25-29-20-22-32(23-21-29)50-36(38(46)48-27-30-15-10-7-11-16-30)39(47)49-28-31-17-12-8-13-18-31/h7-8,10-13,15-18,20-23,33,36H,3-6,9,14,19,24-28H2,1-2H3,(H,40,45)(H,41,43)(H,42,44). The molecule has 1 atom stereocenters. The quantitative estimate of drug-likeness (QED) is 0.0764. The zero-order valence-electron chi connectivity index (χ0n) is 29.0. The van der Waals surface area contributed by atoms with Crippen LogP contribution in [0.2, 0.25) is 0 Å². The van der Waals surface area contributed by atoms with Crippen molar-refractivity contribution in [2.24, 2.45) is 0 Å². The molecule has 11 nitrogen and oxygen atoms in total. The van der Waals surface area contributed by atoms with Gasteiger partial charge < -0.3 is 30.2 Å². The predicted molar refractivity (Wildman–Crippen MR) is 189 cm³/mol. The van der Waals surface area contributed by atoms with Crippen LogP contribution >= 0.6 is 0 Å². The Morgan fingerprint density at radius 3 is 1.74 bits per heavy atom. The van der Waals surface area contributed by atoms with E-state index in [9.17, 15) is 24.0 Å². The van der Waals surface area contributed by atoms with E-state index < -0.39 is 30.0 Å². The minimum absolute atomic E-state index is 0.0550. The highest BCUT2D eigenvalue weighted by atomic mass is 16.6. The van der Waals surface area contributed by atoms with E-state index in [2.05, 4.69) is 22.9 Å². The number of ether oxygens (including phenoxy) is 3. The van der Waals surface area contributed by atoms with E-state index in [4.69, 9.17) is 14.2 Å². The Labute approximate surface area is 294 Å². The molecule has 3 amide bonds. The Hall–Kier alpha value is -5.19. The molecular weight excluding hydrogens is 638 g/mol. The molecule has 3 aromatic carbocycles. The molecule has 0 aliphatic carbocycles. The van der Waals surface area contributed by atoms with E-state index in [1.54, 1.807) is 48.5 Å². The normalized spacial score (nSPS) is 11.3. The maximum absolute atomic E-state index is 13.1. The smallest absolute Gasteiger partial charge is 0.359 e. The summed E-state index contributed by atoms with van der Waals surface area (Å²) in [6, 6.07) is 23.7. The fourth-order valence-corrected chi connectivity index (χ4v) is 4.84. The molecule has 0 heterocycles. The van der Waals surface area contributed by atoms with E-state index in [-0.39, 0.29) is 43.7 Å². The first-order valence-corrected chi connectivity index (χ1v) is 17.3. The Morgan fingerprint density at radius 2 is 1.18 bits per heavy atom. The van der Waals surface area contributed by atoms with Crippen molar-refractivity contribution in [2.75, 3.05) is 13.1 Å².